The number of carbonyl (C=O) groups is 1. The molecule has 1 heterocycles. The van der Waals surface area contributed by atoms with E-state index in [9.17, 15) is 4.79 Å². The van der Waals surface area contributed by atoms with Gasteiger partial charge in [-0.25, -0.2) is 0 Å². The quantitative estimate of drug-likeness (QED) is 0.784. The summed E-state index contributed by atoms with van der Waals surface area (Å²) in [4.78, 5) is 11.7. The fraction of sp³-hybridized carbons (Fsp3) is 0.300. The Morgan fingerprint density at radius 2 is 2.29 bits per heavy atom. The highest BCUT2D eigenvalue weighted by molar-refractivity contribution is 9.10. The fourth-order valence-corrected chi connectivity index (χ4v) is 2.35. The number of halogens is 2. The molecular weight excluding hydrogens is 267 g/mol. The summed E-state index contributed by atoms with van der Waals surface area (Å²) >= 11 is 9.25. The van der Waals surface area contributed by atoms with E-state index in [1.807, 2.05) is 6.92 Å². The highest BCUT2D eigenvalue weighted by atomic mass is 79.9. The van der Waals surface area contributed by atoms with Gasteiger partial charge in [0.05, 0.1) is 10.6 Å². The van der Waals surface area contributed by atoms with E-state index in [1.165, 1.54) is 0 Å². The average molecular weight is 276 g/mol. The molecule has 0 saturated heterocycles. The van der Waals surface area contributed by atoms with Gasteiger partial charge in [-0.2, -0.15) is 0 Å². The van der Waals surface area contributed by atoms with Gasteiger partial charge in [0.25, 0.3) is 0 Å². The molecule has 1 aliphatic heterocycles. The van der Waals surface area contributed by atoms with Crippen molar-refractivity contribution < 1.29 is 9.53 Å². The van der Waals surface area contributed by atoms with E-state index in [1.54, 1.807) is 12.1 Å². The van der Waals surface area contributed by atoms with Crippen LogP contribution in [0.25, 0.3) is 0 Å². The van der Waals surface area contributed by atoms with Crippen LogP contribution in [0, 0.1) is 0 Å². The number of hydrogen-bond donors (Lipinski definition) is 0. The molecule has 0 saturated carbocycles. The molecule has 1 aromatic rings. The second-order valence-electron chi connectivity index (χ2n) is 3.14. The molecule has 2 nitrogen and oxygen atoms in total. The Morgan fingerprint density at radius 3 is 2.93 bits per heavy atom. The summed E-state index contributed by atoms with van der Waals surface area (Å²) in [5, 5.41) is 0.485. The molecule has 1 unspecified atom stereocenters. The van der Waals surface area contributed by atoms with Crippen LogP contribution in [-0.4, -0.2) is 11.9 Å². The maximum absolute atomic E-state index is 11.7. The third-order valence-corrected chi connectivity index (χ3v) is 2.94. The van der Waals surface area contributed by atoms with Crippen LogP contribution >= 0.6 is 27.5 Å². The van der Waals surface area contributed by atoms with Gasteiger partial charge in [-0.05, 0) is 18.6 Å². The lowest BCUT2D eigenvalue weighted by molar-refractivity contribution is 0.0853. The average Bonchev–Trinajstić information content (AvgIpc) is 2.44. The molecule has 1 aromatic carbocycles. The Morgan fingerprint density at radius 1 is 1.57 bits per heavy atom. The smallest absolute Gasteiger partial charge is 0.207 e. The van der Waals surface area contributed by atoms with Gasteiger partial charge in [0.15, 0.2) is 6.10 Å². The van der Waals surface area contributed by atoms with E-state index in [4.69, 9.17) is 16.3 Å². The van der Waals surface area contributed by atoms with E-state index in [2.05, 4.69) is 15.9 Å². The van der Waals surface area contributed by atoms with Crippen LogP contribution in [0.1, 0.15) is 23.7 Å². The number of hydrogen-bond acceptors (Lipinski definition) is 2. The van der Waals surface area contributed by atoms with Crippen LogP contribution in [0.4, 0.5) is 0 Å². The van der Waals surface area contributed by atoms with Crippen molar-refractivity contribution in [1.82, 2.24) is 0 Å². The summed E-state index contributed by atoms with van der Waals surface area (Å²) in [5.41, 5.74) is 0.580. The molecule has 0 aliphatic carbocycles. The zero-order valence-electron chi connectivity index (χ0n) is 7.51. The molecule has 0 amide bonds. The molecule has 74 valence electrons. The molecule has 1 aliphatic rings. The van der Waals surface area contributed by atoms with Gasteiger partial charge in [-0.1, -0.05) is 34.5 Å². The molecule has 0 bridgehead atoms. The van der Waals surface area contributed by atoms with Gasteiger partial charge < -0.3 is 4.74 Å². The van der Waals surface area contributed by atoms with Crippen LogP contribution < -0.4 is 4.74 Å². The van der Waals surface area contributed by atoms with Crippen molar-refractivity contribution in [3.63, 3.8) is 0 Å². The predicted octanol–water partition coefficient (Wildman–Crippen LogP) is 3.46. The standard InChI is InChI=1S/C10H8BrClO2/c1-2-8-9(13)6-3-5(11)4-7(12)10(6)14-8/h3-4,8H,2H2,1H3. The minimum Gasteiger partial charge on any atom is -0.480 e. The van der Waals surface area contributed by atoms with E-state index < -0.39 is 0 Å². The van der Waals surface area contributed by atoms with Gasteiger partial charge in [0, 0.05) is 4.47 Å². The SMILES string of the molecule is CCC1Oc2c(Cl)cc(Br)cc2C1=O. The molecular formula is C10H8BrClO2. The van der Waals surface area contributed by atoms with Gasteiger partial charge >= 0.3 is 0 Å². The summed E-state index contributed by atoms with van der Waals surface area (Å²) in [6.45, 7) is 1.91. The zero-order chi connectivity index (χ0) is 10.3. The van der Waals surface area contributed by atoms with Gasteiger partial charge in [0.1, 0.15) is 5.75 Å². The van der Waals surface area contributed by atoms with Gasteiger partial charge in [-0.3, -0.25) is 4.79 Å². The molecule has 0 radical (unpaired) electrons. The van der Waals surface area contributed by atoms with Gasteiger partial charge in [0.2, 0.25) is 5.78 Å². The summed E-state index contributed by atoms with van der Waals surface area (Å²) in [7, 11) is 0. The third-order valence-electron chi connectivity index (χ3n) is 2.20. The lowest BCUT2D eigenvalue weighted by Crippen LogP contribution is -2.18. The minimum atomic E-state index is -0.364. The first-order valence-electron chi connectivity index (χ1n) is 4.33. The Labute approximate surface area is 95.3 Å². The normalized spacial score (nSPS) is 19.4. The number of fused-ring (bicyclic) bond motifs is 1. The van der Waals surface area contributed by atoms with Gasteiger partial charge in [-0.15, -0.1) is 0 Å². The molecule has 0 fully saturated rings. The van der Waals surface area contributed by atoms with Crippen molar-refractivity contribution in [2.75, 3.05) is 0 Å². The molecule has 14 heavy (non-hydrogen) atoms. The Bertz CT molecular complexity index is 403. The summed E-state index contributed by atoms with van der Waals surface area (Å²) < 4.78 is 6.25. The summed E-state index contributed by atoms with van der Waals surface area (Å²) in [6, 6.07) is 3.48. The van der Waals surface area contributed by atoms with Crippen molar-refractivity contribution in [3.8, 4) is 5.75 Å². The minimum absolute atomic E-state index is 0.0192. The van der Waals surface area contributed by atoms with Crippen LogP contribution in [0.3, 0.4) is 0 Å². The topological polar surface area (TPSA) is 26.3 Å². The monoisotopic (exact) mass is 274 g/mol. The van der Waals surface area contributed by atoms with E-state index in [-0.39, 0.29) is 11.9 Å². The Hall–Kier alpha value is -0.540. The first-order chi connectivity index (χ1) is 6.63. The molecule has 0 N–H and O–H groups in total. The van der Waals surface area contributed by atoms with Crippen LogP contribution in [0.2, 0.25) is 5.02 Å². The van der Waals surface area contributed by atoms with E-state index in [0.717, 1.165) is 4.47 Å². The number of ketones is 1. The number of benzene rings is 1. The molecule has 0 aromatic heterocycles. The van der Waals surface area contributed by atoms with Crippen LogP contribution in [0.5, 0.6) is 5.75 Å². The molecule has 4 heteroatoms. The Kier molecular flexibility index (Phi) is 2.54. The summed E-state index contributed by atoms with van der Waals surface area (Å²) in [6.07, 6.45) is 0.304. The maximum Gasteiger partial charge on any atom is 0.207 e. The largest absolute Gasteiger partial charge is 0.480 e. The number of Topliss-reactive ketones (excluding diaryl/α,β-unsaturated/α-hetero) is 1. The van der Waals surface area contributed by atoms with Crippen LogP contribution in [-0.2, 0) is 0 Å². The molecule has 0 spiro atoms. The second-order valence-corrected chi connectivity index (χ2v) is 4.47. The number of rotatable bonds is 1. The number of ether oxygens (including phenoxy) is 1. The third kappa shape index (κ3) is 1.44. The van der Waals surface area contributed by atoms with Crippen molar-refractivity contribution in [2.24, 2.45) is 0 Å². The second kappa shape index (κ2) is 3.55. The lowest BCUT2D eigenvalue weighted by atomic mass is 10.1. The maximum atomic E-state index is 11.7. The Balaban J connectivity index is 2.53. The lowest BCUT2D eigenvalue weighted by Gasteiger charge is -2.05. The number of carbonyl (C=O) groups excluding carboxylic acids is 1. The van der Waals surface area contributed by atoms with Crippen molar-refractivity contribution in [3.05, 3.63) is 27.2 Å². The highest BCUT2D eigenvalue weighted by Gasteiger charge is 2.32. The van der Waals surface area contributed by atoms with Crippen molar-refractivity contribution in [1.29, 1.82) is 0 Å². The highest BCUT2D eigenvalue weighted by Crippen LogP contribution is 2.38. The predicted molar refractivity (Wildman–Crippen MR) is 58.2 cm³/mol. The molecule has 1 atom stereocenters. The zero-order valence-corrected chi connectivity index (χ0v) is 9.85. The van der Waals surface area contributed by atoms with E-state index in [0.29, 0.717) is 22.8 Å². The van der Waals surface area contributed by atoms with Crippen molar-refractivity contribution in [2.45, 2.75) is 19.4 Å². The fourth-order valence-electron chi connectivity index (χ4n) is 1.50. The van der Waals surface area contributed by atoms with Crippen molar-refractivity contribution >= 4 is 33.3 Å². The summed E-state index contributed by atoms with van der Waals surface area (Å²) in [5.74, 6) is 0.539. The van der Waals surface area contributed by atoms with E-state index >= 15 is 0 Å². The first-order valence-corrected chi connectivity index (χ1v) is 5.50. The van der Waals surface area contributed by atoms with Crippen LogP contribution in [0.15, 0.2) is 16.6 Å². The first kappa shape index (κ1) is 9.99. The molecule has 2 rings (SSSR count).